The van der Waals surface area contributed by atoms with Gasteiger partial charge in [-0.05, 0) is 27.8 Å². The van der Waals surface area contributed by atoms with Crippen molar-refractivity contribution in [2.75, 3.05) is 20.1 Å². The summed E-state index contributed by atoms with van der Waals surface area (Å²) >= 11 is 0. The van der Waals surface area contributed by atoms with E-state index in [0.29, 0.717) is 30.6 Å². The first kappa shape index (κ1) is 16.7. The Morgan fingerprint density at radius 2 is 2.17 bits per heavy atom. The maximum Gasteiger partial charge on any atom is 0.276 e. The number of imidazole rings is 1. The summed E-state index contributed by atoms with van der Waals surface area (Å²) in [4.78, 5) is 21.2. The molecule has 0 saturated carbocycles. The third kappa shape index (κ3) is 3.36. The summed E-state index contributed by atoms with van der Waals surface area (Å²) in [5.41, 5.74) is 1.58. The SMILES string of the molecule is Cc1cc(C(=O)N2CCc3ncc(CN(C)C(C)C)n3CC2)no1. The minimum absolute atomic E-state index is 0.0709. The molecule has 1 amide bonds. The van der Waals surface area contributed by atoms with Crippen molar-refractivity contribution in [2.24, 2.45) is 0 Å². The van der Waals surface area contributed by atoms with Crippen LogP contribution in [0.4, 0.5) is 0 Å². The molecule has 0 atom stereocenters. The molecule has 1 aliphatic rings. The molecule has 0 radical (unpaired) electrons. The highest BCUT2D eigenvalue weighted by Gasteiger charge is 2.24. The normalized spacial score (nSPS) is 15.0. The van der Waals surface area contributed by atoms with Gasteiger partial charge in [-0.1, -0.05) is 5.16 Å². The summed E-state index contributed by atoms with van der Waals surface area (Å²) in [6, 6.07) is 2.17. The summed E-state index contributed by atoms with van der Waals surface area (Å²) in [5, 5.41) is 3.84. The molecule has 1 aliphatic heterocycles. The summed E-state index contributed by atoms with van der Waals surface area (Å²) in [7, 11) is 2.12. The average Bonchev–Trinajstić information content (AvgIpc) is 3.07. The van der Waals surface area contributed by atoms with Crippen molar-refractivity contribution in [2.45, 2.75) is 46.3 Å². The van der Waals surface area contributed by atoms with Gasteiger partial charge in [-0.3, -0.25) is 9.69 Å². The van der Waals surface area contributed by atoms with Gasteiger partial charge in [0, 0.05) is 50.9 Å². The summed E-state index contributed by atoms with van der Waals surface area (Å²) in [6.07, 6.45) is 2.72. The largest absolute Gasteiger partial charge is 0.361 e. The molecule has 0 saturated heterocycles. The van der Waals surface area contributed by atoms with E-state index in [1.807, 2.05) is 11.1 Å². The van der Waals surface area contributed by atoms with Crippen LogP contribution >= 0.6 is 0 Å². The smallest absolute Gasteiger partial charge is 0.276 e. The van der Waals surface area contributed by atoms with Crippen LogP contribution in [0.15, 0.2) is 16.8 Å². The van der Waals surface area contributed by atoms with Crippen molar-refractivity contribution in [1.29, 1.82) is 0 Å². The van der Waals surface area contributed by atoms with E-state index in [1.165, 1.54) is 5.69 Å². The zero-order chi connectivity index (χ0) is 17.3. The highest BCUT2D eigenvalue weighted by Crippen LogP contribution is 2.16. The number of rotatable bonds is 4. The summed E-state index contributed by atoms with van der Waals surface area (Å²) in [6.45, 7) is 9.09. The third-order valence-electron chi connectivity index (χ3n) is 4.65. The zero-order valence-corrected chi connectivity index (χ0v) is 14.8. The van der Waals surface area contributed by atoms with Crippen molar-refractivity contribution in [1.82, 2.24) is 24.5 Å². The number of hydrogen-bond donors (Lipinski definition) is 0. The van der Waals surface area contributed by atoms with Crippen molar-refractivity contribution >= 4 is 5.91 Å². The van der Waals surface area contributed by atoms with Crippen LogP contribution in [-0.4, -0.2) is 56.6 Å². The van der Waals surface area contributed by atoms with Crippen LogP contribution in [0.2, 0.25) is 0 Å². The van der Waals surface area contributed by atoms with Gasteiger partial charge >= 0.3 is 0 Å². The summed E-state index contributed by atoms with van der Waals surface area (Å²) < 4.78 is 7.27. The number of fused-ring (bicyclic) bond motifs is 1. The molecule has 3 heterocycles. The lowest BCUT2D eigenvalue weighted by Gasteiger charge is -2.22. The first-order valence-electron chi connectivity index (χ1n) is 8.42. The van der Waals surface area contributed by atoms with Crippen LogP contribution in [0.1, 0.15) is 41.6 Å². The summed E-state index contributed by atoms with van der Waals surface area (Å²) in [5.74, 6) is 1.63. The topological polar surface area (TPSA) is 67.4 Å². The van der Waals surface area contributed by atoms with Crippen molar-refractivity contribution < 1.29 is 9.32 Å². The van der Waals surface area contributed by atoms with Gasteiger partial charge in [-0.2, -0.15) is 0 Å². The number of carbonyl (C=O) groups excluding carboxylic acids is 1. The minimum Gasteiger partial charge on any atom is -0.361 e. The lowest BCUT2D eigenvalue weighted by molar-refractivity contribution is 0.0748. The number of hydrogen-bond acceptors (Lipinski definition) is 5. The predicted molar refractivity (Wildman–Crippen MR) is 89.7 cm³/mol. The molecule has 0 N–H and O–H groups in total. The monoisotopic (exact) mass is 331 g/mol. The van der Waals surface area contributed by atoms with Gasteiger partial charge in [0.25, 0.3) is 5.91 Å². The number of nitrogens with zero attached hydrogens (tertiary/aromatic N) is 5. The van der Waals surface area contributed by atoms with Crippen LogP contribution in [0.5, 0.6) is 0 Å². The van der Waals surface area contributed by atoms with Gasteiger partial charge < -0.3 is 14.0 Å². The molecule has 0 spiro atoms. The van der Waals surface area contributed by atoms with E-state index in [2.05, 4.69) is 40.5 Å². The molecule has 0 aliphatic carbocycles. The van der Waals surface area contributed by atoms with Crippen LogP contribution < -0.4 is 0 Å². The molecule has 24 heavy (non-hydrogen) atoms. The molecular weight excluding hydrogens is 306 g/mol. The van der Waals surface area contributed by atoms with E-state index in [9.17, 15) is 4.79 Å². The van der Waals surface area contributed by atoms with E-state index in [4.69, 9.17) is 4.52 Å². The number of amides is 1. The Hall–Kier alpha value is -2.15. The Kier molecular flexibility index (Phi) is 4.71. The molecule has 130 valence electrons. The van der Waals surface area contributed by atoms with Crippen LogP contribution in [-0.2, 0) is 19.5 Å². The molecule has 3 rings (SSSR count). The Bertz CT molecular complexity index is 718. The van der Waals surface area contributed by atoms with Crippen molar-refractivity contribution in [3.63, 3.8) is 0 Å². The molecule has 0 aromatic carbocycles. The first-order valence-corrected chi connectivity index (χ1v) is 8.42. The molecule has 0 unspecified atom stereocenters. The quantitative estimate of drug-likeness (QED) is 0.853. The van der Waals surface area contributed by atoms with E-state index >= 15 is 0 Å². The van der Waals surface area contributed by atoms with Gasteiger partial charge in [-0.15, -0.1) is 0 Å². The second-order valence-electron chi connectivity index (χ2n) is 6.69. The lowest BCUT2D eigenvalue weighted by Crippen LogP contribution is -2.34. The van der Waals surface area contributed by atoms with E-state index in [-0.39, 0.29) is 5.91 Å². The minimum atomic E-state index is -0.0709. The molecule has 2 aromatic heterocycles. The Morgan fingerprint density at radius 3 is 2.83 bits per heavy atom. The fourth-order valence-electron chi connectivity index (χ4n) is 2.89. The van der Waals surface area contributed by atoms with Crippen LogP contribution in [0.25, 0.3) is 0 Å². The average molecular weight is 331 g/mol. The second-order valence-corrected chi connectivity index (χ2v) is 6.69. The Morgan fingerprint density at radius 1 is 1.38 bits per heavy atom. The van der Waals surface area contributed by atoms with Gasteiger partial charge in [0.1, 0.15) is 11.6 Å². The zero-order valence-electron chi connectivity index (χ0n) is 14.8. The van der Waals surface area contributed by atoms with E-state index < -0.39 is 0 Å². The van der Waals surface area contributed by atoms with Crippen molar-refractivity contribution in [3.8, 4) is 0 Å². The molecule has 2 aromatic rings. The number of aromatic nitrogens is 3. The van der Waals surface area contributed by atoms with Gasteiger partial charge in [0.2, 0.25) is 0 Å². The maximum atomic E-state index is 12.6. The molecule has 0 fully saturated rings. The third-order valence-corrected chi connectivity index (χ3v) is 4.65. The Balaban J connectivity index is 1.71. The predicted octanol–water partition coefficient (Wildman–Crippen LogP) is 1.72. The molecular formula is C17H25N5O2. The molecule has 7 heteroatoms. The highest BCUT2D eigenvalue weighted by atomic mass is 16.5. The fourth-order valence-corrected chi connectivity index (χ4v) is 2.89. The van der Waals surface area contributed by atoms with E-state index in [1.54, 1.807) is 13.0 Å². The van der Waals surface area contributed by atoms with Crippen LogP contribution in [0.3, 0.4) is 0 Å². The van der Waals surface area contributed by atoms with Gasteiger partial charge in [0.15, 0.2) is 5.69 Å². The first-order chi connectivity index (χ1) is 11.5. The highest BCUT2D eigenvalue weighted by molar-refractivity contribution is 5.92. The van der Waals surface area contributed by atoms with Crippen molar-refractivity contribution in [3.05, 3.63) is 35.2 Å². The second kappa shape index (κ2) is 6.76. The van der Waals surface area contributed by atoms with Gasteiger partial charge in [0.05, 0.1) is 5.69 Å². The number of aryl methyl sites for hydroxylation is 1. The lowest BCUT2D eigenvalue weighted by atomic mass is 10.3. The van der Waals surface area contributed by atoms with E-state index in [0.717, 1.165) is 25.3 Å². The van der Waals surface area contributed by atoms with Gasteiger partial charge in [-0.25, -0.2) is 4.98 Å². The number of carbonyl (C=O) groups is 1. The maximum absolute atomic E-state index is 12.6. The molecule has 0 bridgehead atoms. The standard InChI is InChI=1S/C17H25N5O2/c1-12(2)20(4)11-14-10-18-16-5-6-21(7-8-22(14)16)17(23)15-9-13(3)24-19-15/h9-10,12H,5-8,11H2,1-4H3. The molecule has 7 nitrogen and oxygen atoms in total. The fraction of sp³-hybridized carbons (Fsp3) is 0.588. The van der Waals surface area contributed by atoms with Crippen LogP contribution in [0, 0.1) is 6.92 Å². The Labute approximate surface area is 142 Å².